The number of furan rings is 1. The zero-order valence-corrected chi connectivity index (χ0v) is 17.9. The monoisotopic (exact) mass is 437 g/mol. The molecule has 0 aliphatic carbocycles. The van der Waals surface area contributed by atoms with Crippen molar-refractivity contribution >= 4 is 28.3 Å². The van der Waals surface area contributed by atoms with Gasteiger partial charge in [0, 0.05) is 29.1 Å². The Balaban J connectivity index is 1.53. The van der Waals surface area contributed by atoms with Crippen LogP contribution < -0.4 is 5.32 Å². The lowest BCUT2D eigenvalue weighted by Gasteiger charge is -2.08. The highest BCUT2D eigenvalue weighted by molar-refractivity contribution is 6.19. The highest BCUT2D eigenvalue weighted by Crippen LogP contribution is 2.33. The van der Waals surface area contributed by atoms with Crippen LogP contribution in [0.2, 0.25) is 0 Å². The summed E-state index contributed by atoms with van der Waals surface area (Å²) in [5.74, 6) is -0.0624. The SMILES string of the molecule is Cc1ccc(C(=O)c2oc3ccccc3c2NC(=O)c2cccc(-c3nnnn3C)c2)cc1. The molecule has 1 N–H and O–H groups in total. The Kier molecular flexibility index (Phi) is 5.02. The minimum atomic E-state index is -0.378. The van der Waals surface area contributed by atoms with Gasteiger partial charge in [0.05, 0.1) is 5.69 Å². The Morgan fingerprint density at radius 3 is 2.48 bits per heavy atom. The van der Waals surface area contributed by atoms with E-state index in [1.807, 2.05) is 43.3 Å². The van der Waals surface area contributed by atoms with Gasteiger partial charge in [0.15, 0.2) is 11.6 Å². The molecule has 162 valence electrons. The zero-order chi connectivity index (χ0) is 22.9. The molecule has 1 amide bonds. The fraction of sp³-hybridized carbons (Fsp3) is 0.0800. The summed E-state index contributed by atoms with van der Waals surface area (Å²) in [6.07, 6.45) is 0. The van der Waals surface area contributed by atoms with Crippen LogP contribution in [-0.4, -0.2) is 31.9 Å². The van der Waals surface area contributed by atoms with Crippen LogP contribution in [0.15, 0.2) is 77.2 Å². The van der Waals surface area contributed by atoms with Gasteiger partial charge in [-0.1, -0.05) is 54.1 Å². The number of para-hydroxylation sites is 1. The van der Waals surface area contributed by atoms with Gasteiger partial charge in [0.1, 0.15) is 5.58 Å². The molecule has 8 nitrogen and oxygen atoms in total. The van der Waals surface area contributed by atoms with Crippen LogP contribution in [-0.2, 0) is 7.05 Å². The number of ketones is 1. The van der Waals surface area contributed by atoms with E-state index < -0.39 is 0 Å². The van der Waals surface area contributed by atoms with E-state index in [0.717, 1.165) is 5.56 Å². The summed E-state index contributed by atoms with van der Waals surface area (Å²) in [5.41, 5.74) is 3.47. The summed E-state index contributed by atoms with van der Waals surface area (Å²) < 4.78 is 7.41. The first-order valence-corrected chi connectivity index (χ1v) is 10.3. The second kappa shape index (κ2) is 8.16. The number of carbonyl (C=O) groups excluding carboxylic acids is 2. The molecule has 0 fully saturated rings. The van der Waals surface area contributed by atoms with Crippen LogP contribution in [0.1, 0.15) is 32.0 Å². The van der Waals surface area contributed by atoms with Crippen molar-refractivity contribution in [3.63, 3.8) is 0 Å². The Morgan fingerprint density at radius 2 is 1.73 bits per heavy atom. The Morgan fingerprint density at radius 1 is 0.939 bits per heavy atom. The lowest BCUT2D eigenvalue weighted by molar-refractivity contribution is 0.101. The van der Waals surface area contributed by atoms with Gasteiger partial charge in [-0.05, 0) is 41.6 Å². The standard InChI is InChI=1S/C25H19N5O3/c1-15-10-12-16(13-11-15)22(31)23-21(19-8-3-4-9-20(19)33-23)26-25(32)18-7-5-6-17(14-18)24-27-28-29-30(24)2/h3-14H,1-2H3,(H,26,32). The van der Waals surface area contributed by atoms with E-state index in [4.69, 9.17) is 4.42 Å². The van der Waals surface area contributed by atoms with Crippen molar-refractivity contribution in [2.24, 2.45) is 7.05 Å². The number of aromatic nitrogens is 4. The van der Waals surface area contributed by atoms with Crippen LogP contribution in [0.4, 0.5) is 5.69 Å². The number of nitrogens with zero attached hydrogens (tertiary/aromatic N) is 4. The Hall–Kier alpha value is -4.59. The van der Waals surface area contributed by atoms with Gasteiger partial charge < -0.3 is 9.73 Å². The molecular weight excluding hydrogens is 418 g/mol. The summed E-state index contributed by atoms with van der Waals surface area (Å²) in [5, 5.41) is 15.0. The topological polar surface area (TPSA) is 103 Å². The molecule has 0 aliphatic heterocycles. The average molecular weight is 437 g/mol. The molecule has 2 aromatic heterocycles. The summed E-state index contributed by atoms with van der Waals surface area (Å²) >= 11 is 0. The number of hydrogen-bond donors (Lipinski definition) is 1. The first-order chi connectivity index (χ1) is 16.0. The Bertz CT molecular complexity index is 1500. The number of amides is 1. The molecule has 3 aromatic carbocycles. The first kappa shape index (κ1) is 20.3. The Labute approximate surface area is 188 Å². The van der Waals surface area contributed by atoms with Gasteiger partial charge in [0.2, 0.25) is 5.78 Å². The zero-order valence-electron chi connectivity index (χ0n) is 17.9. The number of fused-ring (bicyclic) bond motifs is 1. The number of benzene rings is 3. The summed E-state index contributed by atoms with van der Waals surface area (Å²) in [6.45, 7) is 1.95. The largest absolute Gasteiger partial charge is 0.450 e. The van der Waals surface area contributed by atoms with E-state index in [0.29, 0.717) is 39.2 Å². The maximum absolute atomic E-state index is 13.2. The van der Waals surface area contributed by atoms with E-state index in [9.17, 15) is 9.59 Å². The highest BCUT2D eigenvalue weighted by Gasteiger charge is 2.24. The van der Waals surface area contributed by atoms with Gasteiger partial charge in [-0.2, -0.15) is 0 Å². The maximum atomic E-state index is 13.2. The smallest absolute Gasteiger partial charge is 0.255 e. The van der Waals surface area contributed by atoms with Gasteiger partial charge >= 0.3 is 0 Å². The maximum Gasteiger partial charge on any atom is 0.255 e. The van der Waals surface area contributed by atoms with Crippen LogP contribution in [0.5, 0.6) is 0 Å². The molecule has 0 aliphatic rings. The predicted molar refractivity (Wildman–Crippen MR) is 123 cm³/mol. The minimum absolute atomic E-state index is 0.0852. The van der Waals surface area contributed by atoms with Crippen molar-refractivity contribution in [2.75, 3.05) is 5.32 Å². The molecular formula is C25H19N5O3. The van der Waals surface area contributed by atoms with E-state index in [-0.39, 0.29) is 17.5 Å². The van der Waals surface area contributed by atoms with Crippen molar-refractivity contribution in [1.82, 2.24) is 20.2 Å². The third-order valence-corrected chi connectivity index (χ3v) is 5.36. The van der Waals surface area contributed by atoms with Crippen LogP contribution in [0.25, 0.3) is 22.4 Å². The number of rotatable bonds is 5. The predicted octanol–water partition coefficient (Wildman–Crippen LogP) is 4.42. The van der Waals surface area contributed by atoms with Crippen molar-refractivity contribution in [3.8, 4) is 11.4 Å². The van der Waals surface area contributed by atoms with Gasteiger partial charge in [-0.3, -0.25) is 9.59 Å². The fourth-order valence-corrected chi connectivity index (χ4v) is 3.62. The second-order valence-corrected chi connectivity index (χ2v) is 7.66. The molecule has 5 aromatic rings. The molecule has 0 saturated heterocycles. The van der Waals surface area contributed by atoms with E-state index >= 15 is 0 Å². The van der Waals surface area contributed by atoms with E-state index in [1.54, 1.807) is 43.4 Å². The molecule has 33 heavy (non-hydrogen) atoms. The third-order valence-electron chi connectivity index (χ3n) is 5.36. The molecule has 0 bridgehead atoms. The number of nitrogens with one attached hydrogen (secondary N) is 1. The van der Waals surface area contributed by atoms with Crippen molar-refractivity contribution in [1.29, 1.82) is 0 Å². The molecule has 0 spiro atoms. The summed E-state index contributed by atoms with van der Waals surface area (Å²) in [7, 11) is 1.72. The highest BCUT2D eigenvalue weighted by atomic mass is 16.3. The summed E-state index contributed by atoms with van der Waals surface area (Å²) in [4.78, 5) is 26.4. The number of tetrazole rings is 1. The van der Waals surface area contributed by atoms with Gasteiger partial charge in [0.25, 0.3) is 5.91 Å². The molecule has 5 rings (SSSR count). The summed E-state index contributed by atoms with van der Waals surface area (Å²) in [6, 6.07) is 21.4. The number of anilines is 1. The van der Waals surface area contributed by atoms with Gasteiger partial charge in [-0.15, -0.1) is 5.10 Å². The van der Waals surface area contributed by atoms with E-state index in [1.165, 1.54) is 4.68 Å². The minimum Gasteiger partial charge on any atom is -0.450 e. The van der Waals surface area contributed by atoms with Crippen LogP contribution in [0, 0.1) is 6.92 Å². The molecule has 0 radical (unpaired) electrons. The fourth-order valence-electron chi connectivity index (χ4n) is 3.62. The van der Waals surface area contributed by atoms with E-state index in [2.05, 4.69) is 20.8 Å². The molecule has 8 heteroatoms. The third kappa shape index (κ3) is 3.78. The number of carbonyl (C=O) groups is 2. The van der Waals surface area contributed by atoms with Crippen LogP contribution in [0.3, 0.4) is 0 Å². The van der Waals surface area contributed by atoms with Crippen LogP contribution >= 0.6 is 0 Å². The normalized spacial score (nSPS) is 11.0. The van der Waals surface area contributed by atoms with Crippen molar-refractivity contribution < 1.29 is 14.0 Å². The molecule has 0 saturated carbocycles. The second-order valence-electron chi connectivity index (χ2n) is 7.66. The quantitative estimate of drug-likeness (QED) is 0.409. The van der Waals surface area contributed by atoms with Crippen molar-refractivity contribution in [3.05, 3.63) is 95.2 Å². The lowest BCUT2D eigenvalue weighted by Crippen LogP contribution is -2.14. The molecule has 2 heterocycles. The van der Waals surface area contributed by atoms with Crippen molar-refractivity contribution in [2.45, 2.75) is 6.92 Å². The molecule has 0 atom stereocenters. The first-order valence-electron chi connectivity index (χ1n) is 10.3. The molecule has 0 unspecified atom stereocenters. The average Bonchev–Trinajstić information content (AvgIpc) is 3.43. The lowest BCUT2D eigenvalue weighted by atomic mass is 10.0. The number of hydrogen-bond acceptors (Lipinski definition) is 6. The number of aryl methyl sites for hydroxylation is 2. The van der Waals surface area contributed by atoms with Gasteiger partial charge in [-0.25, -0.2) is 4.68 Å².